The van der Waals surface area contributed by atoms with E-state index in [9.17, 15) is 24.1 Å². The van der Waals surface area contributed by atoms with Gasteiger partial charge in [0, 0.05) is 45.2 Å². The molecule has 216 valence electrons. The van der Waals surface area contributed by atoms with Crippen LogP contribution in [0.15, 0.2) is 0 Å². The summed E-state index contributed by atoms with van der Waals surface area (Å²) in [6.45, 7) is 3.98. The van der Waals surface area contributed by atoms with Crippen molar-refractivity contribution in [3.8, 4) is 0 Å². The van der Waals surface area contributed by atoms with E-state index in [1.54, 1.807) is 7.05 Å². The molecule has 0 spiro atoms. The van der Waals surface area contributed by atoms with E-state index >= 15 is 0 Å². The van der Waals surface area contributed by atoms with Crippen molar-refractivity contribution < 1.29 is 24.1 Å². The van der Waals surface area contributed by atoms with Gasteiger partial charge in [0.15, 0.2) is 19.2 Å². The summed E-state index contributed by atoms with van der Waals surface area (Å²) >= 11 is 0. The molecule has 0 bridgehead atoms. The number of rotatable bonds is 27. The molecule has 7 nitrogen and oxygen atoms in total. The topological polar surface area (TPSA) is 113 Å². The monoisotopic (exact) mass is 542 g/mol. The Balaban J connectivity index is 3.90. The van der Waals surface area contributed by atoms with Gasteiger partial charge in [-0.1, -0.05) is 103 Å². The second-order valence-corrected chi connectivity index (χ2v) is 12.0. The number of hydrogen-bond donors (Lipinski definition) is 3. The molecule has 0 aliphatic carbocycles. The molecule has 37 heavy (non-hydrogen) atoms. The maximum absolute atomic E-state index is 12.4. The van der Waals surface area contributed by atoms with Crippen molar-refractivity contribution in [2.24, 2.45) is 0 Å². The Labute approximate surface area is 227 Å². The smallest absolute Gasteiger partial charge is 0.217 e. The fourth-order valence-electron chi connectivity index (χ4n) is 4.48. The predicted molar refractivity (Wildman–Crippen MR) is 154 cm³/mol. The Morgan fingerprint density at radius 1 is 0.676 bits per heavy atom. The number of hydrogen-bond acceptors (Lipinski definition) is 6. The first-order chi connectivity index (χ1) is 17.8. The average Bonchev–Trinajstić information content (AvgIpc) is 2.85. The number of carbonyl (C=O) groups is 4. The number of ketones is 1. The van der Waals surface area contributed by atoms with E-state index in [1.165, 1.54) is 90.4 Å². The molecule has 0 heterocycles. The molecule has 0 saturated heterocycles. The number of nitrogens with one attached hydrogen (secondary N) is 2. The summed E-state index contributed by atoms with van der Waals surface area (Å²) in [5.74, 6) is -0.336. The number of unbranched alkanes of at least 4 members (excludes halogenated alkanes) is 15. The van der Waals surface area contributed by atoms with Crippen LogP contribution in [0.5, 0.6) is 0 Å². The summed E-state index contributed by atoms with van der Waals surface area (Å²) in [4.78, 5) is 58.2. The van der Waals surface area contributed by atoms with Gasteiger partial charge in [-0.15, -0.1) is 0 Å². The SMILES string of the molecule is CCCCCCCCCCCCCCCCCCC(=O)CC(CC(=O)P(O)C(=O)CCNC)NC(C)=O. The zero-order valence-corrected chi connectivity index (χ0v) is 24.8. The van der Waals surface area contributed by atoms with Crippen molar-refractivity contribution >= 4 is 30.9 Å². The van der Waals surface area contributed by atoms with Crippen LogP contribution in [0.25, 0.3) is 0 Å². The fraction of sp³-hybridized carbons (Fsp3) is 0.862. The van der Waals surface area contributed by atoms with Crippen LogP contribution in [0, 0.1) is 0 Å². The molecule has 0 radical (unpaired) electrons. The lowest BCUT2D eigenvalue weighted by molar-refractivity contribution is -0.122. The first-order valence-electron chi connectivity index (χ1n) is 14.8. The van der Waals surface area contributed by atoms with E-state index in [4.69, 9.17) is 0 Å². The van der Waals surface area contributed by atoms with Gasteiger partial charge in [0.25, 0.3) is 0 Å². The first-order valence-corrected chi connectivity index (χ1v) is 16.1. The molecule has 1 amide bonds. The van der Waals surface area contributed by atoms with Gasteiger partial charge in [0.2, 0.25) is 5.91 Å². The van der Waals surface area contributed by atoms with E-state index in [1.807, 2.05) is 0 Å². The lowest BCUT2D eigenvalue weighted by atomic mass is 10.0. The zero-order chi connectivity index (χ0) is 27.7. The molecule has 0 aliphatic heterocycles. The standard InChI is InChI=1S/C29H55N2O5P/c1-4-5-6-7-8-9-10-11-12-13-14-15-16-17-18-19-20-27(33)23-26(31-25(2)32)24-29(35)37(36)28(34)21-22-30-3/h26,30,36H,4-24H2,1-3H3,(H,31,32). The fourth-order valence-corrected chi connectivity index (χ4v) is 5.48. The van der Waals surface area contributed by atoms with Crippen molar-refractivity contribution in [3.05, 3.63) is 0 Å². The molecule has 0 saturated carbocycles. The summed E-state index contributed by atoms with van der Waals surface area (Å²) in [5.41, 5.74) is -1.08. The van der Waals surface area contributed by atoms with Crippen LogP contribution in [0.4, 0.5) is 0 Å². The number of amides is 1. The molecule has 3 N–H and O–H groups in total. The zero-order valence-electron chi connectivity index (χ0n) is 24.0. The molecular formula is C29H55N2O5P. The van der Waals surface area contributed by atoms with Gasteiger partial charge < -0.3 is 15.5 Å². The van der Waals surface area contributed by atoms with E-state index < -0.39 is 25.2 Å². The molecule has 0 aromatic heterocycles. The molecule has 2 atom stereocenters. The Bertz CT molecular complexity index is 629. The van der Waals surface area contributed by atoms with Gasteiger partial charge in [-0.2, -0.15) is 0 Å². The van der Waals surface area contributed by atoms with Crippen LogP contribution in [0.1, 0.15) is 142 Å². The van der Waals surface area contributed by atoms with Crippen molar-refractivity contribution in [2.75, 3.05) is 13.6 Å². The number of carbonyl (C=O) groups excluding carboxylic acids is 4. The largest absolute Gasteiger partial charge is 0.360 e. The molecule has 2 unspecified atom stereocenters. The highest BCUT2D eigenvalue weighted by molar-refractivity contribution is 7.84. The third-order valence-electron chi connectivity index (χ3n) is 6.67. The Morgan fingerprint density at radius 2 is 1.14 bits per heavy atom. The summed E-state index contributed by atoms with van der Waals surface area (Å²) < 4.78 is 0. The van der Waals surface area contributed by atoms with Gasteiger partial charge in [0.05, 0.1) is 0 Å². The highest BCUT2D eigenvalue weighted by atomic mass is 31.1. The molecule has 0 aromatic carbocycles. The molecular weight excluding hydrogens is 487 g/mol. The summed E-state index contributed by atoms with van der Waals surface area (Å²) in [5, 5.41) is 5.44. The molecule has 0 aromatic rings. The minimum absolute atomic E-state index is 0.000639. The second-order valence-electron chi connectivity index (χ2n) is 10.4. The van der Waals surface area contributed by atoms with Crippen molar-refractivity contribution in [1.29, 1.82) is 0 Å². The predicted octanol–water partition coefficient (Wildman–Crippen LogP) is 6.54. The average molecular weight is 543 g/mol. The van der Waals surface area contributed by atoms with Crippen LogP contribution in [0.2, 0.25) is 0 Å². The van der Waals surface area contributed by atoms with Crippen molar-refractivity contribution in [1.82, 2.24) is 10.6 Å². The second kappa shape index (κ2) is 25.1. The lowest BCUT2D eigenvalue weighted by Crippen LogP contribution is -2.36. The van der Waals surface area contributed by atoms with Crippen LogP contribution >= 0.6 is 8.15 Å². The molecule has 8 heteroatoms. The third-order valence-corrected chi connectivity index (χ3v) is 8.02. The first kappa shape index (κ1) is 35.8. The van der Waals surface area contributed by atoms with E-state index in [-0.39, 0.29) is 31.0 Å². The maximum Gasteiger partial charge on any atom is 0.217 e. The molecule has 0 rings (SSSR count). The Morgan fingerprint density at radius 3 is 1.57 bits per heavy atom. The minimum Gasteiger partial charge on any atom is -0.360 e. The summed E-state index contributed by atoms with van der Waals surface area (Å²) in [6.07, 6.45) is 20.8. The minimum atomic E-state index is -2.41. The van der Waals surface area contributed by atoms with Gasteiger partial charge in [-0.25, -0.2) is 0 Å². The van der Waals surface area contributed by atoms with Crippen LogP contribution in [0.3, 0.4) is 0 Å². The highest BCUT2D eigenvalue weighted by Crippen LogP contribution is 2.35. The number of Topliss-reactive ketones (excluding diaryl/α,β-unsaturated/α-hetero) is 1. The Kier molecular flexibility index (Phi) is 24.3. The quantitative estimate of drug-likeness (QED) is 0.0802. The Hall–Kier alpha value is -1.17. The molecule has 0 aliphatic rings. The van der Waals surface area contributed by atoms with Crippen LogP contribution in [-0.4, -0.2) is 47.3 Å². The van der Waals surface area contributed by atoms with Gasteiger partial charge in [0.1, 0.15) is 5.78 Å². The van der Waals surface area contributed by atoms with E-state index in [0.717, 1.165) is 19.3 Å². The van der Waals surface area contributed by atoms with Crippen molar-refractivity contribution in [2.45, 2.75) is 148 Å². The van der Waals surface area contributed by atoms with Gasteiger partial charge in [-0.3, -0.25) is 19.2 Å². The van der Waals surface area contributed by atoms with Crippen LogP contribution < -0.4 is 10.6 Å². The van der Waals surface area contributed by atoms with Crippen LogP contribution in [-0.2, 0) is 19.2 Å². The third kappa shape index (κ3) is 22.5. The normalized spacial score (nSPS) is 12.8. The van der Waals surface area contributed by atoms with E-state index in [0.29, 0.717) is 13.0 Å². The summed E-state index contributed by atoms with van der Waals surface area (Å²) in [7, 11) is -0.720. The lowest BCUT2D eigenvalue weighted by Gasteiger charge is -2.18. The maximum atomic E-state index is 12.4. The van der Waals surface area contributed by atoms with E-state index in [2.05, 4.69) is 17.6 Å². The molecule has 0 fully saturated rings. The van der Waals surface area contributed by atoms with Crippen molar-refractivity contribution in [3.63, 3.8) is 0 Å². The van der Waals surface area contributed by atoms with Gasteiger partial charge in [-0.05, 0) is 13.5 Å². The summed E-state index contributed by atoms with van der Waals surface area (Å²) in [6, 6.07) is -0.673. The highest BCUT2D eigenvalue weighted by Gasteiger charge is 2.27. The van der Waals surface area contributed by atoms with Gasteiger partial charge >= 0.3 is 0 Å².